The van der Waals surface area contributed by atoms with Gasteiger partial charge in [0.05, 0.1) is 6.54 Å². The van der Waals surface area contributed by atoms with E-state index in [-0.39, 0.29) is 24.3 Å². The van der Waals surface area contributed by atoms with Crippen LogP contribution >= 0.6 is 0 Å². The average Bonchev–Trinajstić information content (AvgIpc) is 3.24. The quantitative estimate of drug-likeness (QED) is 0.442. The van der Waals surface area contributed by atoms with Gasteiger partial charge in [-0.2, -0.15) is 0 Å². The zero-order chi connectivity index (χ0) is 29.1. The van der Waals surface area contributed by atoms with Gasteiger partial charge in [0.25, 0.3) is 5.91 Å². The zero-order valence-electron chi connectivity index (χ0n) is 24.4. The number of nitrogens with one attached hydrogen (secondary N) is 1. The second kappa shape index (κ2) is 12.2. The van der Waals surface area contributed by atoms with Crippen LogP contribution in [0.3, 0.4) is 0 Å². The van der Waals surface area contributed by atoms with Gasteiger partial charge in [0.15, 0.2) is 0 Å². The predicted octanol–water partition coefficient (Wildman–Crippen LogP) is 2.06. The number of carbonyl (C=O) groups excluding carboxylic acids is 4. The second-order valence-corrected chi connectivity index (χ2v) is 12.6. The number of ether oxygens (including phenoxy) is 1. The van der Waals surface area contributed by atoms with E-state index in [4.69, 9.17) is 4.74 Å². The molecule has 1 aromatic carbocycles. The van der Waals surface area contributed by atoms with Crippen LogP contribution < -0.4 is 5.32 Å². The third-order valence-corrected chi connectivity index (χ3v) is 8.31. The summed E-state index contributed by atoms with van der Waals surface area (Å²) < 4.78 is 5.51. The number of amides is 4. The second-order valence-electron chi connectivity index (χ2n) is 12.6. The molecule has 41 heavy (non-hydrogen) atoms. The monoisotopic (exact) mass is 563 g/mol. The molecule has 1 N–H and O–H groups in total. The first-order chi connectivity index (χ1) is 19.6. The third-order valence-electron chi connectivity index (χ3n) is 8.31. The molecule has 1 unspecified atom stereocenters. The maximum Gasteiger partial charge on any atom is 0.410 e. The number of imide groups is 1. The molecule has 0 aliphatic carbocycles. The number of carbonyl (C=O) groups is 4. The van der Waals surface area contributed by atoms with Crippen LogP contribution in [0.2, 0.25) is 0 Å². The number of hydrogen-bond acceptors (Lipinski definition) is 7. The molecular weight excluding hydrogens is 522 g/mol. The van der Waals surface area contributed by atoms with E-state index in [2.05, 4.69) is 27.0 Å². The summed E-state index contributed by atoms with van der Waals surface area (Å²) in [6.07, 6.45) is 2.44. The number of rotatable bonds is 4. The highest BCUT2D eigenvalue weighted by Gasteiger charge is 2.39. The van der Waals surface area contributed by atoms with Crippen LogP contribution in [0.5, 0.6) is 0 Å². The van der Waals surface area contributed by atoms with Crippen molar-refractivity contribution in [3.05, 3.63) is 34.9 Å². The number of likely N-dealkylation sites (tertiary alicyclic amines) is 1. The lowest BCUT2D eigenvalue weighted by atomic mass is 9.96. The van der Waals surface area contributed by atoms with Gasteiger partial charge >= 0.3 is 6.09 Å². The van der Waals surface area contributed by atoms with Crippen LogP contribution in [0.4, 0.5) is 4.79 Å². The maximum absolute atomic E-state index is 12.9. The van der Waals surface area contributed by atoms with Gasteiger partial charge in [0.1, 0.15) is 11.6 Å². The lowest BCUT2D eigenvalue weighted by Crippen LogP contribution is -2.52. The number of piperidine rings is 2. The first-order valence-electron chi connectivity index (χ1n) is 14.7. The zero-order valence-corrected chi connectivity index (χ0v) is 24.4. The molecule has 3 saturated heterocycles. The standard InChI is InChI=1S/C31H41N5O5/c1-31(2,3)41-30(40)35-13-10-23(11-14-35)20-34-17-15-33(16-18-34)12-4-5-22-6-7-25-24(19-22)21-36(29(25)39)26-8-9-27(37)32-28(26)38/h6-7,19,23,26H,8-18,20-21H2,1-3H3,(H,32,37,38). The molecule has 4 heterocycles. The molecule has 3 fully saturated rings. The van der Waals surface area contributed by atoms with Gasteiger partial charge in [-0.05, 0) is 69.7 Å². The van der Waals surface area contributed by atoms with Crippen molar-refractivity contribution in [3.63, 3.8) is 0 Å². The van der Waals surface area contributed by atoms with Crippen LogP contribution in [-0.2, 0) is 20.9 Å². The van der Waals surface area contributed by atoms with Crippen molar-refractivity contribution in [1.82, 2.24) is 24.9 Å². The first kappa shape index (κ1) is 29.1. The Kier molecular flexibility index (Phi) is 8.66. The summed E-state index contributed by atoms with van der Waals surface area (Å²) in [5.41, 5.74) is 1.88. The number of piperazine rings is 1. The van der Waals surface area contributed by atoms with Gasteiger partial charge in [-0.1, -0.05) is 11.8 Å². The van der Waals surface area contributed by atoms with Gasteiger partial charge in [-0.3, -0.25) is 24.6 Å². The van der Waals surface area contributed by atoms with Gasteiger partial charge in [0.2, 0.25) is 11.8 Å². The highest BCUT2D eigenvalue weighted by atomic mass is 16.6. The largest absolute Gasteiger partial charge is 0.444 e. The Balaban J connectivity index is 1.04. The minimum absolute atomic E-state index is 0.166. The van der Waals surface area contributed by atoms with Gasteiger partial charge < -0.3 is 19.4 Å². The van der Waals surface area contributed by atoms with Crippen molar-refractivity contribution >= 4 is 23.8 Å². The minimum Gasteiger partial charge on any atom is -0.444 e. The molecule has 10 heteroatoms. The Bertz CT molecular complexity index is 1250. The molecule has 0 bridgehead atoms. The molecule has 1 aromatic rings. The van der Waals surface area contributed by atoms with Crippen LogP contribution in [0, 0.1) is 17.8 Å². The first-order valence-corrected chi connectivity index (χ1v) is 14.7. The molecule has 4 aliphatic heterocycles. The average molecular weight is 564 g/mol. The van der Waals surface area contributed by atoms with Gasteiger partial charge in [-0.25, -0.2) is 4.79 Å². The molecule has 220 valence electrons. The van der Waals surface area contributed by atoms with E-state index in [1.165, 1.54) is 0 Å². The van der Waals surface area contributed by atoms with Crippen LogP contribution in [0.15, 0.2) is 18.2 Å². The molecule has 10 nitrogen and oxygen atoms in total. The third kappa shape index (κ3) is 7.27. The molecule has 0 spiro atoms. The predicted molar refractivity (Wildman–Crippen MR) is 153 cm³/mol. The van der Waals surface area contributed by atoms with Gasteiger partial charge in [0, 0.05) is 69.9 Å². The fourth-order valence-corrected chi connectivity index (χ4v) is 6.03. The van der Waals surface area contributed by atoms with E-state index in [1.54, 1.807) is 11.0 Å². The van der Waals surface area contributed by atoms with Crippen molar-refractivity contribution in [2.45, 2.75) is 64.6 Å². The van der Waals surface area contributed by atoms with Crippen LogP contribution in [0.1, 0.15) is 67.9 Å². The maximum atomic E-state index is 12.9. The van der Waals surface area contributed by atoms with E-state index in [1.807, 2.05) is 37.8 Å². The number of hydrogen-bond donors (Lipinski definition) is 1. The topological polar surface area (TPSA) is 102 Å². The Morgan fingerprint density at radius 3 is 2.39 bits per heavy atom. The van der Waals surface area contributed by atoms with Crippen molar-refractivity contribution in [2.75, 3.05) is 52.4 Å². The fourth-order valence-electron chi connectivity index (χ4n) is 6.03. The summed E-state index contributed by atoms with van der Waals surface area (Å²) >= 11 is 0. The molecule has 5 rings (SSSR count). The summed E-state index contributed by atoms with van der Waals surface area (Å²) in [5.74, 6) is 6.30. The lowest BCUT2D eigenvalue weighted by molar-refractivity contribution is -0.136. The van der Waals surface area contributed by atoms with Crippen molar-refractivity contribution in [3.8, 4) is 11.8 Å². The Hall–Kier alpha value is -3.42. The number of nitrogens with zero attached hydrogens (tertiary/aromatic N) is 4. The van der Waals surface area contributed by atoms with E-state index < -0.39 is 17.6 Å². The van der Waals surface area contributed by atoms with E-state index in [0.29, 0.717) is 31.0 Å². The van der Waals surface area contributed by atoms with Crippen molar-refractivity contribution in [1.29, 1.82) is 0 Å². The summed E-state index contributed by atoms with van der Waals surface area (Å²) in [6, 6.07) is 5.00. The normalized spacial score (nSPS) is 22.7. The molecular formula is C31H41N5O5. The van der Waals surface area contributed by atoms with E-state index >= 15 is 0 Å². The van der Waals surface area contributed by atoms with Crippen LogP contribution in [0.25, 0.3) is 0 Å². The summed E-state index contributed by atoms with van der Waals surface area (Å²) in [7, 11) is 0. The van der Waals surface area contributed by atoms with E-state index in [0.717, 1.165) is 69.8 Å². The molecule has 4 amide bonds. The number of fused-ring (bicyclic) bond motifs is 1. The fraction of sp³-hybridized carbons (Fsp3) is 0.613. The summed E-state index contributed by atoms with van der Waals surface area (Å²) in [6.45, 7) is 13.4. The minimum atomic E-state index is -0.606. The molecule has 4 aliphatic rings. The van der Waals surface area contributed by atoms with Crippen molar-refractivity contribution < 1.29 is 23.9 Å². The Labute approximate surface area is 242 Å². The van der Waals surface area contributed by atoms with Gasteiger partial charge in [-0.15, -0.1) is 0 Å². The van der Waals surface area contributed by atoms with Crippen molar-refractivity contribution in [2.24, 2.45) is 5.92 Å². The Morgan fingerprint density at radius 2 is 1.71 bits per heavy atom. The molecule has 0 saturated carbocycles. The highest BCUT2D eigenvalue weighted by molar-refractivity contribution is 6.05. The van der Waals surface area contributed by atoms with E-state index in [9.17, 15) is 19.2 Å². The lowest BCUT2D eigenvalue weighted by Gasteiger charge is -2.38. The molecule has 1 atom stereocenters. The summed E-state index contributed by atoms with van der Waals surface area (Å²) in [4.78, 5) is 57.3. The highest BCUT2D eigenvalue weighted by Crippen LogP contribution is 2.28. The number of benzene rings is 1. The SMILES string of the molecule is CC(C)(C)OC(=O)N1CCC(CN2CCN(CC#Cc3ccc4c(c3)CN(C3CCC(=O)NC3=O)C4=O)CC2)CC1. The summed E-state index contributed by atoms with van der Waals surface area (Å²) in [5, 5.41) is 2.34. The smallest absolute Gasteiger partial charge is 0.410 e. The molecule has 0 radical (unpaired) electrons. The van der Waals surface area contributed by atoms with Crippen LogP contribution in [-0.4, -0.2) is 107 Å². The Morgan fingerprint density at radius 1 is 1.00 bits per heavy atom. The molecule has 0 aromatic heterocycles.